The number of anilines is 1. The van der Waals surface area contributed by atoms with Gasteiger partial charge in [0.05, 0.1) is 19.1 Å². The van der Waals surface area contributed by atoms with Crippen molar-refractivity contribution in [3.63, 3.8) is 0 Å². The van der Waals surface area contributed by atoms with Crippen LogP contribution in [0, 0.1) is 6.92 Å². The van der Waals surface area contributed by atoms with Gasteiger partial charge in [-0.1, -0.05) is 18.2 Å². The van der Waals surface area contributed by atoms with Gasteiger partial charge in [0.25, 0.3) is 0 Å². The van der Waals surface area contributed by atoms with Gasteiger partial charge in [0.15, 0.2) is 17.2 Å². The first kappa shape index (κ1) is 16.4. The molecule has 2 aliphatic heterocycles. The predicted molar refractivity (Wildman–Crippen MR) is 108 cm³/mol. The molecule has 1 atom stereocenters. The first-order valence-electron chi connectivity index (χ1n) is 9.69. The van der Waals surface area contributed by atoms with E-state index in [9.17, 15) is 0 Å². The molecular weight excluding hydrogens is 366 g/mol. The van der Waals surface area contributed by atoms with E-state index >= 15 is 0 Å². The van der Waals surface area contributed by atoms with E-state index in [2.05, 4.69) is 26.6 Å². The molecule has 1 aromatic carbocycles. The standard InChI is InChI=1S/C22H19N5O2/c1-13-16(5-3-7-23-13)17-8-19-22(27-12-25-26-21(17)27)24-9-14-4-2-6-18-20(14)15(10-28-18)11-29-19/h2-8,12,15,24H,9-11H2,1H3/t15-/m1/s1. The van der Waals surface area contributed by atoms with Crippen molar-refractivity contribution in [3.8, 4) is 22.6 Å². The Morgan fingerprint density at radius 3 is 2.86 bits per heavy atom. The number of hydrogen-bond acceptors (Lipinski definition) is 6. The number of aryl methyl sites for hydroxylation is 1. The largest absolute Gasteiger partial charge is 0.493 e. The molecule has 2 aliphatic rings. The van der Waals surface area contributed by atoms with Gasteiger partial charge in [-0.05, 0) is 30.7 Å². The van der Waals surface area contributed by atoms with E-state index in [1.165, 1.54) is 11.1 Å². The summed E-state index contributed by atoms with van der Waals surface area (Å²) in [5.41, 5.74) is 6.16. The molecule has 7 heteroatoms. The monoisotopic (exact) mass is 385 g/mol. The Balaban J connectivity index is 1.53. The normalized spacial score (nSPS) is 17.2. The number of nitrogens with zero attached hydrogens (tertiary/aromatic N) is 4. The lowest BCUT2D eigenvalue weighted by Gasteiger charge is -2.17. The molecule has 6 rings (SSSR count). The maximum absolute atomic E-state index is 6.34. The number of nitrogens with one attached hydrogen (secondary N) is 1. The fourth-order valence-corrected chi connectivity index (χ4v) is 4.32. The van der Waals surface area contributed by atoms with Crippen molar-refractivity contribution in [1.82, 2.24) is 19.6 Å². The molecule has 0 bridgehead atoms. The molecule has 0 unspecified atom stereocenters. The number of rotatable bonds is 1. The van der Waals surface area contributed by atoms with Gasteiger partial charge in [-0.15, -0.1) is 10.2 Å². The number of aromatic nitrogens is 4. The van der Waals surface area contributed by atoms with Crippen molar-refractivity contribution in [2.75, 3.05) is 18.5 Å². The number of ether oxygens (including phenoxy) is 2. The SMILES string of the molecule is Cc1ncccc1-c1cc2c(n3cnnc13)NCc1cccc3c1[C@H](CO3)CO2. The molecular formula is C22H19N5O2. The van der Waals surface area contributed by atoms with Crippen LogP contribution < -0.4 is 14.8 Å². The van der Waals surface area contributed by atoms with E-state index in [0.717, 1.165) is 39.8 Å². The van der Waals surface area contributed by atoms with Crippen molar-refractivity contribution in [2.24, 2.45) is 0 Å². The van der Waals surface area contributed by atoms with E-state index in [1.54, 1.807) is 12.5 Å². The number of pyridine rings is 2. The molecule has 0 radical (unpaired) electrons. The second-order valence-corrected chi connectivity index (χ2v) is 7.43. The third-order valence-corrected chi connectivity index (χ3v) is 5.73. The molecule has 0 amide bonds. The quantitative estimate of drug-likeness (QED) is 0.540. The van der Waals surface area contributed by atoms with Crippen LogP contribution in [0.3, 0.4) is 0 Å². The summed E-state index contributed by atoms with van der Waals surface area (Å²) in [7, 11) is 0. The molecule has 4 aromatic rings. The minimum atomic E-state index is 0.217. The first-order valence-corrected chi connectivity index (χ1v) is 9.69. The van der Waals surface area contributed by atoms with Gasteiger partial charge >= 0.3 is 0 Å². The Labute approximate surface area is 167 Å². The molecule has 0 saturated carbocycles. The molecule has 144 valence electrons. The van der Waals surface area contributed by atoms with Crippen LogP contribution >= 0.6 is 0 Å². The lowest BCUT2D eigenvalue weighted by molar-refractivity contribution is 0.249. The van der Waals surface area contributed by atoms with Crippen LogP contribution in [0.25, 0.3) is 16.8 Å². The van der Waals surface area contributed by atoms with Gasteiger partial charge in [-0.3, -0.25) is 9.38 Å². The van der Waals surface area contributed by atoms with Crippen LogP contribution in [0.4, 0.5) is 5.82 Å². The zero-order valence-corrected chi connectivity index (χ0v) is 15.9. The zero-order valence-electron chi connectivity index (χ0n) is 15.9. The van der Waals surface area contributed by atoms with Crippen molar-refractivity contribution < 1.29 is 9.47 Å². The summed E-state index contributed by atoms with van der Waals surface area (Å²) in [5, 5.41) is 12.1. The predicted octanol–water partition coefficient (Wildman–Crippen LogP) is 3.58. The van der Waals surface area contributed by atoms with Crippen LogP contribution in [-0.4, -0.2) is 32.8 Å². The Bertz CT molecular complexity index is 1250. The van der Waals surface area contributed by atoms with E-state index in [-0.39, 0.29) is 5.92 Å². The number of benzene rings is 1. The minimum absolute atomic E-state index is 0.217. The first-order chi connectivity index (χ1) is 14.3. The van der Waals surface area contributed by atoms with Gasteiger partial charge in [-0.2, -0.15) is 0 Å². The van der Waals surface area contributed by atoms with Gasteiger partial charge in [-0.25, -0.2) is 0 Å². The fourth-order valence-electron chi connectivity index (χ4n) is 4.32. The molecule has 3 aromatic heterocycles. The summed E-state index contributed by atoms with van der Waals surface area (Å²) < 4.78 is 14.2. The van der Waals surface area contributed by atoms with Gasteiger partial charge in [0, 0.05) is 35.1 Å². The van der Waals surface area contributed by atoms with E-state index in [1.807, 2.05) is 41.7 Å². The molecule has 29 heavy (non-hydrogen) atoms. The fraction of sp³-hybridized carbons (Fsp3) is 0.227. The average molecular weight is 385 g/mol. The third-order valence-electron chi connectivity index (χ3n) is 5.73. The number of hydrogen-bond donors (Lipinski definition) is 1. The molecule has 1 N–H and O–H groups in total. The highest BCUT2D eigenvalue weighted by molar-refractivity contribution is 5.82. The topological polar surface area (TPSA) is 73.6 Å². The van der Waals surface area contributed by atoms with E-state index in [0.29, 0.717) is 19.8 Å². The summed E-state index contributed by atoms with van der Waals surface area (Å²) in [6.07, 6.45) is 3.52. The summed E-state index contributed by atoms with van der Waals surface area (Å²) in [4.78, 5) is 4.44. The zero-order chi connectivity index (χ0) is 19.4. The number of fused-ring (bicyclic) bond motifs is 3. The molecule has 7 nitrogen and oxygen atoms in total. The molecule has 0 aliphatic carbocycles. The van der Waals surface area contributed by atoms with Crippen LogP contribution in [0.1, 0.15) is 22.7 Å². The van der Waals surface area contributed by atoms with Crippen molar-refractivity contribution in [1.29, 1.82) is 0 Å². The van der Waals surface area contributed by atoms with E-state index < -0.39 is 0 Å². The lowest BCUT2D eigenvalue weighted by atomic mass is 9.96. The van der Waals surface area contributed by atoms with Gasteiger partial charge in [0.2, 0.25) is 0 Å². The summed E-state index contributed by atoms with van der Waals surface area (Å²) in [6.45, 7) is 3.87. The second-order valence-electron chi connectivity index (χ2n) is 7.43. The van der Waals surface area contributed by atoms with Gasteiger partial charge in [0.1, 0.15) is 12.1 Å². The van der Waals surface area contributed by atoms with Crippen LogP contribution in [0.5, 0.6) is 11.5 Å². The molecule has 0 saturated heterocycles. The minimum Gasteiger partial charge on any atom is -0.493 e. The average Bonchev–Trinajstić information content (AvgIpc) is 3.39. The maximum Gasteiger partial charge on any atom is 0.170 e. The smallest absolute Gasteiger partial charge is 0.170 e. The van der Waals surface area contributed by atoms with Crippen molar-refractivity contribution in [2.45, 2.75) is 19.4 Å². The Morgan fingerprint density at radius 1 is 1.07 bits per heavy atom. The lowest BCUT2D eigenvalue weighted by Crippen LogP contribution is -2.12. The highest BCUT2D eigenvalue weighted by atomic mass is 16.5. The molecule has 0 fully saturated rings. The molecule has 5 heterocycles. The van der Waals surface area contributed by atoms with Crippen LogP contribution in [0.15, 0.2) is 48.9 Å². The summed E-state index contributed by atoms with van der Waals surface area (Å²) >= 11 is 0. The Kier molecular flexibility index (Phi) is 3.50. The second kappa shape index (κ2) is 6.20. The summed E-state index contributed by atoms with van der Waals surface area (Å²) in [6, 6.07) is 12.3. The maximum atomic E-state index is 6.34. The Hall–Kier alpha value is -3.61. The van der Waals surface area contributed by atoms with Crippen molar-refractivity contribution in [3.05, 3.63) is 65.7 Å². The van der Waals surface area contributed by atoms with E-state index in [4.69, 9.17) is 9.47 Å². The van der Waals surface area contributed by atoms with Crippen LogP contribution in [0.2, 0.25) is 0 Å². The Morgan fingerprint density at radius 2 is 1.97 bits per heavy atom. The van der Waals surface area contributed by atoms with Crippen LogP contribution in [-0.2, 0) is 6.54 Å². The van der Waals surface area contributed by atoms with Crippen molar-refractivity contribution >= 4 is 11.5 Å². The summed E-state index contributed by atoms with van der Waals surface area (Å²) in [5.74, 6) is 2.81. The third kappa shape index (κ3) is 2.47. The molecule has 0 spiro atoms. The highest BCUT2D eigenvalue weighted by Gasteiger charge is 2.29. The highest BCUT2D eigenvalue weighted by Crippen LogP contribution is 2.41. The van der Waals surface area contributed by atoms with Gasteiger partial charge < -0.3 is 14.8 Å².